The average molecular weight is 798 g/mol. The minimum atomic E-state index is -3.98. The molecule has 1 aromatic heterocycles. The van der Waals surface area contributed by atoms with Gasteiger partial charge in [-0.1, -0.05) is 32.4 Å². The SMILES string of the molecule is CC[C@@H]1C[C@H](C)CC/C=C\[C@@H]2C[C@@]2(C(=O)NS(=O)(=O)C2(C)CC2)CC(=O)[C@@H]2C[C@@H](Oc3ncc(OC)c4ccc(F)cc34)CN2C(=O)[C@H]1CC(=O)OC(C)(C)C. The Bertz CT molecular complexity index is 2010. The molecule has 4 aliphatic rings. The van der Waals surface area contributed by atoms with Crippen LogP contribution in [0.1, 0.15) is 106 Å². The minimum absolute atomic E-state index is 0.0359. The van der Waals surface area contributed by atoms with Gasteiger partial charge in [0.15, 0.2) is 5.78 Å². The largest absolute Gasteiger partial charge is 0.494 e. The van der Waals surface area contributed by atoms with Crippen molar-refractivity contribution in [1.29, 1.82) is 0 Å². The normalized spacial score (nSPS) is 30.0. The summed E-state index contributed by atoms with van der Waals surface area (Å²) in [6.45, 7) is 11.0. The number of Topliss-reactive ketones (excluding diaryl/α,β-unsaturated/α-hetero) is 1. The molecule has 1 saturated heterocycles. The molecule has 3 heterocycles. The number of rotatable bonds is 9. The summed E-state index contributed by atoms with van der Waals surface area (Å²) in [5, 5.41) is 0.912. The van der Waals surface area contributed by atoms with Crippen LogP contribution in [0, 0.1) is 34.9 Å². The van der Waals surface area contributed by atoms with Crippen molar-refractivity contribution < 1.29 is 46.2 Å². The number of nitrogens with one attached hydrogen (secondary N) is 1. The molecule has 0 spiro atoms. The van der Waals surface area contributed by atoms with Crippen LogP contribution < -0.4 is 14.2 Å². The highest BCUT2D eigenvalue weighted by atomic mass is 32.2. The number of halogens is 1. The molecule has 56 heavy (non-hydrogen) atoms. The molecule has 3 fully saturated rings. The van der Waals surface area contributed by atoms with E-state index in [0.29, 0.717) is 48.6 Å². The Morgan fingerprint density at radius 3 is 2.52 bits per heavy atom. The van der Waals surface area contributed by atoms with Crippen LogP contribution in [-0.4, -0.2) is 78.0 Å². The van der Waals surface area contributed by atoms with Gasteiger partial charge in [0.05, 0.1) is 53.8 Å². The van der Waals surface area contributed by atoms with Crippen molar-refractivity contribution >= 4 is 44.4 Å². The second-order valence-corrected chi connectivity index (χ2v) is 19.9. The molecule has 2 aliphatic carbocycles. The van der Waals surface area contributed by atoms with Crippen LogP contribution in [0.15, 0.2) is 36.5 Å². The number of ketones is 1. The van der Waals surface area contributed by atoms with E-state index in [-0.39, 0.29) is 61.8 Å². The third-order valence-corrected chi connectivity index (χ3v) is 14.4. The number of fused-ring (bicyclic) bond motifs is 3. The van der Waals surface area contributed by atoms with E-state index < -0.39 is 67.3 Å². The summed E-state index contributed by atoms with van der Waals surface area (Å²) < 4.78 is 59.9. The summed E-state index contributed by atoms with van der Waals surface area (Å²) in [5.41, 5.74) is -2.08. The second kappa shape index (κ2) is 15.7. The summed E-state index contributed by atoms with van der Waals surface area (Å²) >= 11 is 0. The number of amides is 2. The summed E-state index contributed by atoms with van der Waals surface area (Å²) in [7, 11) is -2.50. The number of nitrogens with zero attached hydrogens (tertiary/aromatic N) is 2. The second-order valence-electron chi connectivity index (χ2n) is 17.7. The molecule has 1 aromatic carbocycles. The summed E-state index contributed by atoms with van der Waals surface area (Å²) in [6.07, 6.45) is 8.13. The molecule has 0 radical (unpaired) electrons. The van der Waals surface area contributed by atoms with E-state index in [1.165, 1.54) is 30.3 Å². The van der Waals surface area contributed by atoms with E-state index in [0.717, 1.165) is 6.42 Å². The highest BCUT2D eigenvalue weighted by Gasteiger charge is 2.62. The van der Waals surface area contributed by atoms with Crippen LogP contribution in [0.3, 0.4) is 0 Å². The molecule has 1 N–H and O–H groups in total. The molecule has 14 heteroatoms. The fourth-order valence-corrected chi connectivity index (χ4v) is 9.82. The van der Waals surface area contributed by atoms with Gasteiger partial charge >= 0.3 is 5.97 Å². The number of allylic oxidation sites excluding steroid dienone is 2. The molecule has 306 valence electrons. The van der Waals surface area contributed by atoms with Gasteiger partial charge in [-0.2, -0.15) is 0 Å². The summed E-state index contributed by atoms with van der Waals surface area (Å²) in [5.74, 6) is -3.21. The number of ether oxygens (including phenoxy) is 3. The standard InChI is InChI=1S/C42H56FN3O9S/c1-8-26-17-25(2)11-9-10-12-27-21-42(27,39(50)45-56(51,52)41(6)15-16-41)22-34(47)33-19-29(24-46(33)38(49)31(26)20-36(48)55-40(3,4)5)54-37-32-18-28(43)13-14-30(32)35(53-7)23-44-37/h10,12-14,18,23,25-27,29,31,33H,8-9,11,15-17,19-22,24H2,1-7H3,(H,45,50)/b12-10-/t25-,26-,27-,29-,31+,33+,42-/m1/s1. The number of esters is 1. The molecular formula is C42H56FN3O9S. The predicted octanol–water partition coefficient (Wildman–Crippen LogP) is 6.45. The summed E-state index contributed by atoms with van der Waals surface area (Å²) in [6, 6.07) is 3.10. The number of pyridine rings is 1. The zero-order valence-corrected chi connectivity index (χ0v) is 34.4. The smallest absolute Gasteiger partial charge is 0.307 e. The van der Waals surface area contributed by atoms with Crippen LogP contribution in [0.5, 0.6) is 11.6 Å². The highest BCUT2D eigenvalue weighted by Crippen LogP contribution is 2.58. The van der Waals surface area contributed by atoms with Gasteiger partial charge in [-0.25, -0.2) is 17.8 Å². The Morgan fingerprint density at radius 2 is 1.86 bits per heavy atom. The van der Waals surface area contributed by atoms with Gasteiger partial charge in [0, 0.05) is 18.2 Å². The molecule has 0 bridgehead atoms. The van der Waals surface area contributed by atoms with Crippen molar-refractivity contribution in [2.75, 3.05) is 13.7 Å². The lowest BCUT2D eigenvalue weighted by Gasteiger charge is -2.33. The molecule has 2 amide bonds. The average Bonchev–Trinajstić information content (AvgIpc) is 4.00. The lowest BCUT2D eigenvalue weighted by atomic mass is 9.79. The van der Waals surface area contributed by atoms with Gasteiger partial charge in [-0.05, 0) is 102 Å². The van der Waals surface area contributed by atoms with Crippen molar-refractivity contribution in [2.45, 2.75) is 128 Å². The Labute approximate surface area is 329 Å². The number of carbonyl (C=O) groups excluding carboxylic acids is 4. The van der Waals surface area contributed by atoms with Gasteiger partial charge < -0.3 is 19.1 Å². The monoisotopic (exact) mass is 797 g/mol. The van der Waals surface area contributed by atoms with E-state index in [2.05, 4.69) is 16.6 Å². The maximum absolute atomic E-state index is 15.0. The van der Waals surface area contributed by atoms with E-state index in [1.807, 2.05) is 19.1 Å². The number of methoxy groups -OCH3 is 1. The molecule has 2 aromatic rings. The van der Waals surface area contributed by atoms with Gasteiger partial charge in [0.2, 0.25) is 27.7 Å². The number of benzene rings is 1. The highest BCUT2D eigenvalue weighted by molar-refractivity contribution is 7.91. The lowest BCUT2D eigenvalue weighted by Crippen LogP contribution is -2.48. The van der Waals surface area contributed by atoms with Crippen molar-refractivity contribution in [3.8, 4) is 11.6 Å². The predicted molar refractivity (Wildman–Crippen MR) is 208 cm³/mol. The molecule has 0 unspecified atom stereocenters. The number of carbonyl (C=O) groups is 4. The first-order chi connectivity index (χ1) is 26.3. The van der Waals surface area contributed by atoms with Crippen LogP contribution in [0.25, 0.3) is 10.8 Å². The van der Waals surface area contributed by atoms with Gasteiger partial charge in [-0.3, -0.25) is 23.9 Å². The van der Waals surface area contributed by atoms with Crippen LogP contribution in [0.2, 0.25) is 0 Å². The molecular weight excluding hydrogens is 742 g/mol. The number of hydrogen-bond acceptors (Lipinski definition) is 10. The van der Waals surface area contributed by atoms with Gasteiger partial charge in [-0.15, -0.1) is 0 Å². The first kappa shape index (κ1) is 41.6. The quantitative estimate of drug-likeness (QED) is 0.221. The number of hydrogen-bond donors (Lipinski definition) is 1. The minimum Gasteiger partial charge on any atom is -0.494 e. The van der Waals surface area contributed by atoms with E-state index in [9.17, 15) is 32.0 Å². The topological polar surface area (TPSA) is 158 Å². The molecule has 6 rings (SSSR count). The van der Waals surface area contributed by atoms with Crippen LogP contribution in [0.4, 0.5) is 4.39 Å². The van der Waals surface area contributed by atoms with Gasteiger partial charge in [0.25, 0.3) is 0 Å². The maximum atomic E-state index is 15.0. The Hall–Kier alpha value is -4.07. The molecule has 2 saturated carbocycles. The Kier molecular flexibility index (Phi) is 11.7. The van der Waals surface area contributed by atoms with Crippen molar-refractivity contribution in [3.63, 3.8) is 0 Å². The zero-order valence-electron chi connectivity index (χ0n) is 33.6. The molecule has 7 atom stereocenters. The fourth-order valence-electron chi connectivity index (χ4n) is 8.48. The first-order valence-corrected chi connectivity index (χ1v) is 21.4. The van der Waals surface area contributed by atoms with Crippen molar-refractivity contribution in [3.05, 3.63) is 42.4 Å². The van der Waals surface area contributed by atoms with Crippen LogP contribution in [-0.2, 0) is 33.9 Å². The van der Waals surface area contributed by atoms with Gasteiger partial charge in [0.1, 0.15) is 23.3 Å². The third kappa shape index (κ3) is 8.74. The Balaban J connectivity index is 1.38. The number of sulfonamides is 1. The number of aromatic nitrogens is 1. The van der Waals surface area contributed by atoms with Crippen molar-refractivity contribution in [1.82, 2.24) is 14.6 Å². The molecule has 12 nitrogen and oxygen atoms in total. The van der Waals surface area contributed by atoms with E-state index in [4.69, 9.17) is 14.2 Å². The van der Waals surface area contributed by atoms with E-state index in [1.54, 1.807) is 33.8 Å². The van der Waals surface area contributed by atoms with Crippen molar-refractivity contribution in [2.24, 2.45) is 29.1 Å². The first-order valence-electron chi connectivity index (χ1n) is 19.9. The Morgan fingerprint density at radius 1 is 1.12 bits per heavy atom. The lowest BCUT2D eigenvalue weighted by molar-refractivity contribution is -0.160. The fraction of sp³-hybridized carbons (Fsp3) is 0.643. The maximum Gasteiger partial charge on any atom is 0.307 e. The van der Waals surface area contributed by atoms with E-state index >= 15 is 0 Å². The molecule has 2 aliphatic heterocycles. The van der Waals surface area contributed by atoms with Crippen LogP contribution >= 0.6 is 0 Å². The summed E-state index contributed by atoms with van der Waals surface area (Å²) in [4.78, 5) is 63.0. The third-order valence-electron chi connectivity index (χ3n) is 12.2. The zero-order chi connectivity index (χ0) is 40.8.